The Kier molecular flexibility index (Phi) is 4.37. The van der Waals surface area contributed by atoms with Crippen LogP contribution in [0.3, 0.4) is 0 Å². The van der Waals surface area contributed by atoms with E-state index < -0.39 is 0 Å². The molecule has 3 nitrogen and oxygen atoms in total. The lowest BCUT2D eigenvalue weighted by Gasteiger charge is -2.12. The van der Waals surface area contributed by atoms with Gasteiger partial charge in [-0.3, -0.25) is 4.79 Å². The third kappa shape index (κ3) is 3.10. The van der Waals surface area contributed by atoms with Crippen molar-refractivity contribution in [2.75, 3.05) is 20.1 Å². The SMILES string of the molecule is CNCC(C)CNC(=O)c1ccc2c(c1)CCC2. The molecule has 0 saturated heterocycles. The predicted octanol–water partition coefficient (Wildman–Crippen LogP) is 1.76. The fourth-order valence-corrected chi connectivity index (χ4v) is 2.50. The minimum atomic E-state index is 0.0488. The maximum Gasteiger partial charge on any atom is 0.251 e. The molecule has 2 N–H and O–H groups in total. The van der Waals surface area contributed by atoms with E-state index in [2.05, 4.69) is 29.7 Å². The summed E-state index contributed by atoms with van der Waals surface area (Å²) in [5, 5.41) is 6.11. The van der Waals surface area contributed by atoms with Gasteiger partial charge in [0, 0.05) is 12.1 Å². The first-order valence-electron chi connectivity index (χ1n) is 6.75. The number of benzene rings is 1. The van der Waals surface area contributed by atoms with Gasteiger partial charge in [0.15, 0.2) is 0 Å². The number of hydrogen-bond acceptors (Lipinski definition) is 2. The van der Waals surface area contributed by atoms with Crippen molar-refractivity contribution in [3.05, 3.63) is 34.9 Å². The molecule has 0 aromatic heterocycles. The lowest BCUT2D eigenvalue weighted by Crippen LogP contribution is -2.32. The second-order valence-electron chi connectivity index (χ2n) is 5.21. The van der Waals surface area contributed by atoms with Crippen LogP contribution in [0.15, 0.2) is 18.2 Å². The Bertz CT molecular complexity index is 429. The van der Waals surface area contributed by atoms with Gasteiger partial charge in [-0.05, 0) is 62.0 Å². The number of rotatable bonds is 5. The van der Waals surface area contributed by atoms with Crippen molar-refractivity contribution in [1.82, 2.24) is 10.6 Å². The summed E-state index contributed by atoms with van der Waals surface area (Å²) in [6, 6.07) is 6.11. The predicted molar refractivity (Wildman–Crippen MR) is 73.9 cm³/mol. The smallest absolute Gasteiger partial charge is 0.251 e. The molecule has 1 aliphatic rings. The zero-order valence-electron chi connectivity index (χ0n) is 11.3. The molecule has 1 aromatic rings. The quantitative estimate of drug-likeness (QED) is 0.831. The standard InChI is InChI=1S/C15H22N2O/c1-11(9-16-2)10-17-15(18)14-7-6-12-4-3-5-13(12)8-14/h6-8,11,16H,3-5,9-10H2,1-2H3,(H,17,18). The molecule has 1 amide bonds. The van der Waals surface area contributed by atoms with Gasteiger partial charge < -0.3 is 10.6 Å². The van der Waals surface area contributed by atoms with Crippen LogP contribution < -0.4 is 10.6 Å². The van der Waals surface area contributed by atoms with Gasteiger partial charge in [-0.2, -0.15) is 0 Å². The first kappa shape index (κ1) is 13.1. The topological polar surface area (TPSA) is 41.1 Å². The Morgan fingerprint density at radius 1 is 1.28 bits per heavy atom. The van der Waals surface area contributed by atoms with E-state index in [9.17, 15) is 4.79 Å². The Labute approximate surface area is 109 Å². The van der Waals surface area contributed by atoms with Crippen molar-refractivity contribution in [1.29, 1.82) is 0 Å². The Morgan fingerprint density at radius 2 is 2.06 bits per heavy atom. The number of hydrogen-bond donors (Lipinski definition) is 2. The molecule has 0 bridgehead atoms. The zero-order valence-corrected chi connectivity index (χ0v) is 11.3. The van der Waals surface area contributed by atoms with Gasteiger partial charge in [0.1, 0.15) is 0 Å². The van der Waals surface area contributed by atoms with Crippen molar-refractivity contribution in [3.63, 3.8) is 0 Å². The van der Waals surface area contributed by atoms with Crippen LogP contribution in [0.2, 0.25) is 0 Å². The molecule has 18 heavy (non-hydrogen) atoms. The highest BCUT2D eigenvalue weighted by Crippen LogP contribution is 2.22. The lowest BCUT2D eigenvalue weighted by molar-refractivity contribution is 0.0948. The molecule has 0 radical (unpaired) electrons. The van der Waals surface area contributed by atoms with Gasteiger partial charge in [0.25, 0.3) is 5.91 Å². The fraction of sp³-hybridized carbons (Fsp3) is 0.533. The summed E-state index contributed by atoms with van der Waals surface area (Å²) in [5.74, 6) is 0.501. The number of nitrogens with one attached hydrogen (secondary N) is 2. The van der Waals surface area contributed by atoms with E-state index in [1.165, 1.54) is 17.5 Å². The second-order valence-corrected chi connectivity index (χ2v) is 5.21. The highest BCUT2D eigenvalue weighted by molar-refractivity contribution is 5.94. The van der Waals surface area contributed by atoms with Gasteiger partial charge in [0.2, 0.25) is 0 Å². The van der Waals surface area contributed by atoms with E-state index in [1.807, 2.05) is 13.1 Å². The Hall–Kier alpha value is -1.35. The van der Waals surface area contributed by atoms with E-state index in [0.717, 1.165) is 31.5 Å². The van der Waals surface area contributed by atoms with Crippen molar-refractivity contribution in [3.8, 4) is 0 Å². The fourth-order valence-electron chi connectivity index (χ4n) is 2.50. The Balaban J connectivity index is 1.93. The van der Waals surface area contributed by atoms with Crippen LogP contribution >= 0.6 is 0 Å². The van der Waals surface area contributed by atoms with Gasteiger partial charge in [-0.15, -0.1) is 0 Å². The van der Waals surface area contributed by atoms with E-state index in [4.69, 9.17) is 0 Å². The van der Waals surface area contributed by atoms with Crippen molar-refractivity contribution >= 4 is 5.91 Å². The van der Waals surface area contributed by atoms with Gasteiger partial charge >= 0.3 is 0 Å². The summed E-state index contributed by atoms with van der Waals surface area (Å²) in [7, 11) is 1.93. The van der Waals surface area contributed by atoms with Crippen LogP contribution in [0.4, 0.5) is 0 Å². The normalized spacial score (nSPS) is 15.2. The first-order chi connectivity index (χ1) is 8.70. The third-order valence-corrected chi connectivity index (χ3v) is 3.52. The average Bonchev–Trinajstić information content (AvgIpc) is 2.83. The maximum absolute atomic E-state index is 12.0. The molecule has 1 unspecified atom stereocenters. The van der Waals surface area contributed by atoms with Crippen LogP contribution in [-0.4, -0.2) is 26.0 Å². The molecule has 3 heteroatoms. The highest BCUT2D eigenvalue weighted by Gasteiger charge is 2.14. The monoisotopic (exact) mass is 246 g/mol. The summed E-state index contributed by atoms with van der Waals surface area (Å²) in [6.45, 7) is 3.76. The number of amides is 1. The molecule has 0 aliphatic heterocycles. The molecule has 0 heterocycles. The zero-order chi connectivity index (χ0) is 13.0. The maximum atomic E-state index is 12.0. The van der Waals surface area contributed by atoms with Crippen LogP contribution in [-0.2, 0) is 12.8 Å². The number of carbonyl (C=O) groups is 1. The van der Waals surface area contributed by atoms with E-state index >= 15 is 0 Å². The number of aryl methyl sites for hydroxylation is 2. The van der Waals surface area contributed by atoms with E-state index in [0.29, 0.717) is 5.92 Å². The minimum absolute atomic E-state index is 0.0488. The number of fused-ring (bicyclic) bond motifs is 1. The summed E-state index contributed by atoms with van der Waals surface area (Å²) >= 11 is 0. The molecule has 0 saturated carbocycles. The van der Waals surface area contributed by atoms with Gasteiger partial charge in [-0.25, -0.2) is 0 Å². The average molecular weight is 246 g/mol. The largest absolute Gasteiger partial charge is 0.352 e. The summed E-state index contributed by atoms with van der Waals surface area (Å²) in [4.78, 5) is 12.0. The van der Waals surface area contributed by atoms with Crippen LogP contribution in [0.5, 0.6) is 0 Å². The van der Waals surface area contributed by atoms with Crippen LogP contribution in [0, 0.1) is 5.92 Å². The number of carbonyl (C=O) groups excluding carboxylic acids is 1. The molecule has 0 spiro atoms. The summed E-state index contributed by atoms with van der Waals surface area (Å²) < 4.78 is 0. The molecular formula is C15H22N2O. The van der Waals surface area contributed by atoms with E-state index in [1.54, 1.807) is 0 Å². The van der Waals surface area contributed by atoms with Crippen molar-refractivity contribution in [2.45, 2.75) is 26.2 Å². The molecular weight excluding hydrogens is 224 g/mol. The third-order valence-electron chi connectivity index (χ3n) is 3.52. The summed E-state index contributed by atoms with van der Waals surface area (Å²) in [5.41, 5.74) is 3.56. The molecule has 1 atom stereocenters. The summed E-state index contributed by atoms with van der Waals surface area (Å²) in [6.07, 6.45) is 3.50. The van der Waals surface area contributed by atoms with Crippen LogP contribution in [0.25, 0.3) is 0 Å². The van der Waals surface area contributed by atoms with Gasteiger partial charge in [0.05, 0.1) is 0 Å². The Morgan fingerprint density at radius 3 is 2.83 bits per heavy atom. The molecule has 1 aliphatic carbocycles. The first-order valence-corrected chi connectivity index (χ1v) is 6.75. The molecule has 1 aromatic carbocycles. The van der Waals surface area contributed by atoms with Gasteiger partial charge in [-0.1, -0.05) is 13.0 Å². The van der Waals surface area contributed by atoms with Crippen molar-refractivity contribution < 1.29 is 4.79 Å². The van der Waals surface area contributed by atoms with Crippen LogP contribution in [0.1, 0.15) is 34.8 Å². The van der Waals surface area contributed by atoms with Crippen molar-refractivity contribution in [2.24, 2.45) is 5.92 Å². The minimum Gasteiger partial charge on any atom is -0.352 e. The molecule has 0 fully saturated rings. The highest BCUT2D eigenvalue weighted by atomic mass is 16.1. The lowest BCUT2D eigenvalue weighted by atomic mass is 10.1. The molecule has 98 valence electrons. The molecule has 2 rings (SSSR count). The van der Waals surface area contributed by atoms with E-state index in [-0.39, 0.29) is 5.91 Å². The second kappa shape index (κ2) is 6.01.